The fourth-order valence-electron chi connectivity index (χ4n) is 0.867. The second-order valence-electron chi connectivity index (χ2n) is 2.86. The van der Waals surface area contributed by atoms with E-state index in [4.69, 9.17) is 0 Å². The molecule has 0 aliphatic carbocycles. The number of hydrogen-bond donors (Lipinski definition) is 0. The van der Waals surface area contributed by atoms with Gasteiger partial charge < -0.3 is 4.74 Å². The van der Waals surface area contributed by atoms with Crippen molar-refractivity contribution in [3.05, 3.63) is 24.5 Å². The van der Waals surface area contributed by atoms with E-state index in [0.29, 0.717) is 0 Å². The lowest BCUT2D eigenvalue weighted by Crippen LogP contribution is -1.88. The van der Waals surface area contributed by atoms with E-state index in [2.05, 4.69) is 17.7 Å². The summed E-state index contributed by atoms with van der Waals surface area (Å²) in [6, 6.07) is 0. The molecule has 0 fully saturated rings. The number of esters is 1. The Hall–Kier alpha value is -1.05. The molecule has 2 heteroatoms. The number of unbranched alkanes of at least 4 members (excludes halogenated alkanes) is 3. The van der Waals surface area contributed by atoms with Gasteiger partial charge in [0.25, 0.3) is 0 Å². The van der Waals surface area contributed by atoms with E-state index in [0.717, 1.165) is 6.42 Å². The van der Waals surface area contributed by atoms with E-state index in [1.807, 2.05) is 6.08 Å². The van der Waals surface area contributed by atoms with Crippen molar-refractivity contribution in [3.63, 3.8) is 0 Å². The summed E-state index contributed by atoms with van der Waals surface area (Å²) in [4.78, 5) is 10.3. The van der Waals surface area contributed by atoms with Gasteiger partial charge in [-0.2, -0.15) is 0 Å². The molecule has 0 atom stereocenters. The first-order valence-corrected chi connectivity index (χ1v) is 4.76. The van der Waals surface area contributed by atoms with Crippen LogP contribution in [-0.4, -0.2) is 5.97 Å². The van der Waals surface area contributed by atoms with E-state index in [1.54, 1.807) is 6.08 Å². The van der Waals surface area contributed by atoms with Crippen molar-refractivity contribution >= 4 is 5.97 Å². The van der Waals surface area contributed by atoms with Gasteiger partial charge in [0.15, 0.2) is 0 Å². The van der Waals surface area contributed by atoms with Crippen molar-refractivity contribution < 1.29 is 9.53 Å². The van der Waals surface area contributed by atoms with Crippen LogP contribution in [0.15, 0.2) is 24.5 Å². The second kappa shape index (κ2) is 9.04. The second-order valence-corrected chi connectivity index (χ2v) is 2.86. The van der Waals surface area contributed by atoms with Crippen LogP contribution in [0, 0.1) is 0 Å². The van der Waals surface area contributed by atoms with Crippen LogP contribution in [0.5, 0.6) is 0 Å². The molecule has 74 valence electrons. The number of ether oxygens (including phenoxy) is 1. The number of allylic oxidation sites excluding steroid dienone is 3. The summed E-state index contributed by atoms with van der Waals surface area (Å²) in [6.07, 6.45) is 12.0. The Bertz CT molecular complexity index is 181. The highest BCUT2D eigenvalue weighted by Crippen LogP contribution is 1.99. The van der Waals surface area contributed by atoms with Gasteiger partial charge in [-0.25, -0.2) is 0 Å². The molecule has 0 rings (SSSR count). The maximum absolute atomic E-state index is 10.3. The topological polar surface area (TPSA) is 26.3 Å². The number of carbonyl (C=O) groups is 1. The van der Waals surface area contributed by atoms with Gasteiger partial charge >= 0.3 is 5.97 Å². The fraction of sp³-hybridized carbons (Fsp3) is 0.545. The molecule has 0 spiro atoms. The van der Waals surface area contributed by atoms with Crippen LogP contribution in [0.2, 0.25) is 0 Å². The van der Waals surface area contributed by atoms with Crippen LogP contribution in [0.3, 0.4) is 0 Å². The van der Waals surface area contributed by atoms with Gasteiger partial charge in [-0.15, -0.1) is 0 Å². The molecule has 0 aliphatic heterocycles. The molecular formula is C11H18O2. The third-order valence-electron chi connectivity index (χ3n) is 1.53. The normalized spacial score (nSPS) is 11.2. The Kier molecular flexibility index (Phi) is 8.31. The summed E-state index contributed by atoms with van der Waals surface area (Å²) in [6.45, 7) is 3.57. The molecule has 0 N–H and O–H groups in total. The number of rotatable bonds is 6. The third-order valence-corrected chi connectivity index (χ3v) is 1.53. The first-order chi connectivity index (χ1) is 6.27. The Labute approximate surface area is 80.3 Å². The maximum atomic E-state index is 10.3. The van der Waals surface area contributed by atoms with E-state index < -0.39 is 0 Å². The van der Waals surface area contributed by atoms with Crippen molar-refractivity contribution in [3.8, 4) is 0 Å². The van der Waals surface area contributed by atoms with Gasteiger partial charge in [0.2, 0.25) is 0 Å². The highest BCUT2D eigenvalue weighted by atomic mass is 16.5. The zero-order valence-electron chi connectivity index (χ0n) is 8.45. The Morgan fingerprint density at radius 1 is 1.31 bits per heavy atom. The summed E-state index contributed by atoms with van der Waals surface area (Å²) in [5.41, 5.74) is 0. The van der Waals surface area contributed by atoms with Crippen molar-refractivity contribution in [1.29, 1.82) is 0 Å². The van der Waals surface area contributed by atoms with E-state index in [9.17, 15) is 4.79 Å². The molecule has 0 bridgehead atoms. The first kappa shape index (κ1) is 11.9. The van der Waals surface area contributed by atoms with Crippen LogP contribution in [0.4, 0.5) is 0 Å². The largest absolute Gasteiger partial charge is 0.435 e. The van der Waals surface area contributed by atoms with Crippen molar-refractivity contribution in [2.24, 2.45) is 0 Å². The van der Waals surface area contributed by atoms with Crippen molar-refractivity contribution in [2.75, 3.05) is 0 Å². The van der Waals surface area contributed by atoms with Gasteiger partial charge in [-0.05, 0) is 18.9 Å². The average molecular weight is 182 g/mol. The van der Waals surface area contributed by atoms with Gasteiger partial charge in [0, 0.05) is 6.92 Å². The number of hydrogen-bond acceptors (Lipinski definition) is 2. The Morgan fingerprint density at radius 2 is 2.08 bits per heavy atom. The predicted octanol–water partition coefficient (Wildman–Crippen LogP) is 3.20. The monoisotopic (exact) mass is 182 g/mol. The zero-order chi connectivity index (χ0) is 9.94. The lowest BCUT2D eigenvalue weighted by molar-refractivity contribution is -0.135. The van der Waals surface area contributed by atoms with Crippen LogP contribution in [0.1, 0.15) is 39.5 Å². The zero-order valence-corrected chi connectivity index (χ0v) is 8.45. The number of carbonyl (C=O) groups excluding carboxylic acids is 1. The van der Waals surface area contributed by atoms with E-state index in [-0.39, 0.29) is 5.97 Å². The molecule has 0 aromatic heterocycles. The minimum Gasteiger partial charge on any atom is -0.435 e. The molecule has 0 aliphatic rings. The molecule has 0 radical (unpaired) electrons. The van der Waals surface area contributed by atoms with Gasteiger partial charge in [0.05, 0.1) is 6.26 Å². The molecule has 0 aromatic carbocycles. The lowest BCUT2D eigenvalue weighted by atomic mass is 10.2. The van der Waals surface area contributed by atoms with Crippen LogP contribution in [0.25, 0.3) is 0 Å². The first-order valence-electron chi connectivity index (χ1n) is 4.76. The molecule has 0 aromatic rings. The highest BCUT2D eigenvalue weighted by molar-refractivity contribution is 5.66. The molecule has 13 heavy (non-hydrogen) atoms. The predicted molar refractivity (Wildman–Crippen MR) is 54.2 cm³/mol. The summed E-state index contributed by atoms with van der Waals surface area (Å²) in [5.74, 6) is -0.282. The van der Waals surface area contributed by atoms with Gasteiger partial charge in [0.1, 0.15) is 0 Å². The molecule has 0 heterocycles. The summed E-state index contributed by atoms with van der Waals surface area (Å²) < 4.78 is 4.60. The molecular weight excluding hydrogens is 164 g/mol. The van der Waals surface area contributed by atoms with Gasteiger partial charge in [-0.3, -0.25) is 4.79 Å². The molecule has 0 amide bonds. The van der Waals surface area contributed by atoms with Crippen molar-refractivity contribution in [1.82, 2.24) is 0 Å². The minimum atomic E-state index is -0.282. The third kappa shape index (κ3) is 10.9. The molecule has 0 saturated heterocycles. The fourth-order valence-corrected chi connectivity index (χ4v) is 0.867. The summed E-state index contributed by atoms with van der Waals surface area (Å²) in [7, 11) is 0. The van der Waals surface area contributed by atoms with Gasteiger partial charge in [-0.1, -0.05) is 31.9 Å². The standard InChI is InChI=1S/C11H18O2/c1-3-4-5-6-7-8-9-10-13-11(2)12/h7-10H,3-6H2,1-2H3/b8-7+,10-9+. The van der Waals surface area contributed by atoms with Crippen molar-refractivity contribution in [2.45, 2.75) is 39.5 Å². The SMILES string of the molecule is CCCCC/C=C/C=C/OC(C)=O. The quantitative estimate of drug-likeness (QED) is 0.273. The maximum Gasteiger partial charge on any atom is 0.307 e. The summed E-state index contributed by atoms with van der Waals surface area (Å²) in [5, 5.41) is 0. The van der Waals surface area contributed by atoms with Crippen LogP contribution >= 0.6 is 0 Å². The molecule has 2 nitrogen and oxygen atoms in total. The Morgan fingerprint density at radius 3 is 2.69 bits per heavy atom. The average Bonchev–Trinajstić information content (AvgIpc) is 2.09. The molecule has 0 saturated carbocycles. The highest BCUT2D eigenvalue weighted by Gasteiger charge is 1.82. The minimum absolute atomic E-state index is 0.282. The Balaban J connectivity index is 3.29. The van der Waals surface area contributed by atoms with Crippen LogP contribution < -0.4 is 0 Å². The smallest absolute Gasteiger partial charge is 0.307 e. The van der Waals surface area contributed by atoms with E-state index >= 15 is 0 Å². The summed E-state index contributed by atoms with van der Waals surface area (Å²) >= 11 is 0. The lowest BCUT2D eigenvalue weighted by Gasteiger charge is -1.90. The van der Waals surface area contributed by atoms with Crippen LogP contribution in [-0.2, 0) is 9.53 Å². The molecule has 0 unspecified atom stereocenters. The van der Waals surface area contributed by atoms with E-state index in [1.165, 1.54) is 32.4 Å².